The van der Waals surface area contributed by atoms with E-state index in [0.29, 0.717) is 24.7 Å². The van der Waals surface area contributed by atoms with E-state index < -0.39 is 0 Å². The van der Waals surface area contributed by atoms with Crippen LogP contribution >= 0.6 is 0 Å². The third-order valence-corrected chi connectivity index (χ3v) is 4.81. The first-order valence-corrected chi connectivity index (χ1v) is 8.96. The van der Waals surface area contributed by atoms with Gasteiger partial charge < -0.3 is 14.4 Å². The molecule has 7 heteroatoms. The van der Waals surface area contributed by atoms with Crippen LogP contribution in [0.3, 0.4) is 0 Å². The SMILES string of the molecule is COc1cccc(-c2nc(N3CCOCC3)c3c(n2)nn2ccccc32)c1. The predicted molar refractivity (Wildman–Crippen MR) is 103 cm³/mol. The molecular formula is C20H19N5O2. The fourth-order valence-corrected chi connectivity index (χ4v) is 3.46. The Hall–Kier alpha value is -3.19. The number of benzene rings is 1. The molecule has 0 radical (unpaired) electrons. The minimum Gasteiger partial charge on any atom is -0.497 e. The first-order chi connectivity index (χ1) is 13.3. The van der Waals surface area contributed by atoms with Gasteiger partial charge in [-0.05, 0) is 24.3 Å². The van der Waals surface area contributed by atoms with Gasteiger partial charge in [0.25, 0.3) is 0 Å². The molecule has 1 aliphatic rings. The van der Waals surface area contributed by atoms with Crippen molar-refractivity contribution >= 4 is 22.4 Å². The number of morpholine rings is 1. The van der Waals surface area contributed by atoms with Crippen LogP contribution in [0.15, 0.2) is 48.7 Å². The van der Waals surface area contributed by atoms with Crippen molar-refractivity contribution in [3.8, 4) is 17.1 Å². The zero-order valence-electron chi connectivity index (χ0n) is 15.0. The Balaban J connectivity index is 1.76. The highest BCUT2D eigenvalue weighted by molar-refractivity contribution is 6.01. The second-order valence-corrected chi connectivity index (χ2v) is 6.43. The van der Waals surface area contributed by atoms with Crippen LogP contribution in [0.25, 0.3) is 27.9 Å². The van der Waals surface area contributed by atoms with Crippen molar-refractivity contribution in [2.45, 2.75) is 0 Å². The molecule has 7 nitrogen and oxygen atoms in total. The molecule has 1 saturated heterocycles. The quantitative estimate of drug-likeness (QED) is 0.559. The average Bonchev–Trinajstić information content (AvgIpc) is 3.12. The Kier molecular flexibility index (Phi) is 3.86. The van der Waals surface area contributed by atoms with Gasteiger partial charge in [-0.25, -0.2) is 14.5 Å². The van der Waals surface area contributed by atoms with Crippen LogP contribution in [0, 0.1) is 0 Å². The maximum Gasteiger partial charge on any atom is 0.188 e. The van der Waals surface area contributed by atoms with E-state index in [4.69, 9.17) is 19.4 Å². The largest absolute Gasteiger partial charge is 0.497 e. The molecule has 0 amide bonds. The van der Waals surface area contributed by atoms with Gasteiger partial charge in [-0.15, -0.1) is 5.10 Å². The second kappa shape index (κ2) is 6.51. The summed E-state index contributed by atoms with van der Waals surface area (Å²) in [6, 6.07) is 13.8. The van der Waals surface area contributed by atoms with Crippen LogP contribution in [0.4, 0.5) is 5.82 Å². The van der Waals surface area contributed by atoms with Crippen molar-refractivity contribution in [2.75, 3.05) is 38.3 Å². The van der Waals surface area contributed by atoms with Crippen LogP contribution in [0.1, 0.15) is 0 Å². The average molecular weight is 361 g/mol. The Morgan fingerprint density at radius 2 is 1.93 bits per heavy atom. The van der Waals surface area contributed by atoms with Crippen LogP contribution in [0.5, 0.6) is 5.75 Å². The first kappa shape index (κ1) is 16.0. The molecule has 3 aromatic heterocycles. The number of nitrogens with zero attached hydrogens (tertiary/aromatic N) is 5. The number of hydrogen-bond acceptors (Lipinski definition) is 6. The van der Waals surface area contributed by atoms with Crippen LogP contribution in [0.2, 0.25) is 0 Å². The summed E-state index contributed by atoms with van der Waals surface area (Å²) in [5.74, 6) is 2.33. The zero-order chi connectivity index (χ0) is 18.2. The van der Waals surface area contributed by atoms with E-state index >= 15 is 0 Å². The van der Waals surface area contributed by atoms with Gasteiger partial charge in [-0.3, -0.25) is 0 Å². The van der Waals surface area contributed by atoms with Crippen molar-refractivity contribution in [2.24, 2.45) is 0 Å². The smallest absolute Gasteiger partial charge is 0.188 e. The van der Waals surface area contributed by atoms with E-state index in [2.05, 4.69) is 10.00 Å². The van der Waals surface area contributed by atoms with Crippen LogP contribution in [-0.2, 0) is 4.74 Å². The number of aromatic nitrogens is 4. The lowest BCUT2D eigenvalue weighted by Crippen LogP contribution is -2.37. The lowest BCUT2D eigenvalue weighted by atomic mass is 10.2. The molecule has 0 saturated carbocycles. The van der Waals surface area contributed by atoms with E-state index in [1.165, 1.54) is 0 Å². The third kappa shape index (κ3) is 2.76. The second-order valence-electron chi connectivity index (χ2n) is 6.43. The molecular weight excluding hydrogens is 342 g/mol. The Bertz CT molecular complexity index is 1120. The van der Waals surface area contributed by atoms with E-state index in [9.17, 15) is 0 Å². The summed E-state index contributed by atoms with van der Waals surface area (Å²) in [5.41, 5.74) is 2.60. The molecule has 0 atom stereocenters. The lowest BCUT2D eigenvalue weighted by Gasteiger charge is -2.28. The number of pyridine rings is 1. The molecule has 0 unspecified atom stereocenters. The van der Waals surface area contributed by atoms with Gasteiger partial charge in [-0.2, -0.15) is 0 Å². The molecule has 1 aromatic carbocycles. The number of hydrogen-bond donors (Lipinski definition) is 0. The van der Waals surface area contributed by atoms with Gasteiger partial charge in [0, 0.05) is 24.8 Å². The van der Waals surface area contributed by atoms with E-state index in [0.717, 1.165) is 41.1 Å². The monoisotopic (exact) mass is 361 g/mol. The predicted octanol–water partition coefficient (Wildman–Crippen LogP) is 2.79. The Morgan fingerprint density at radius 3 is 2.78 bits per heavy atom. The molecule has 27 heavy (non-hydrogen) atoms. The van der Waals surface area contributed by atoms with Crippen LogP contribution in [-0.4, -0.2) is 53.0 Å². The summed E-state index contributed by atoms with van der Waals surface area (Å²) in [6.07, 6.45) is 1.94. The van der Waals surface area contributed by atoms with Crippen molar-refractivity contribution < 1.29 is 9.47 Å². The Morgan fingerprint density at radius 1 is 1.04 bits per heavy atom. The number of ether oxygens (including phenoxy) is 2. The molecule has 136 valence electrons. The normalized spacial score (nSPS) is 14.8. The topological polar surface area (TPSA) is 64.8 Å². The minimum absolute atomic E-state index is 0.645. The summed E-state index contributed by atoms with van der Waals surface area (Å²) in [7, 11) is 1.66. The highest BCUT2D eigenvalue weighted by Gasteiger charge is 2.21. The maximum absolute atomic E-state index is 5.52. The summed E-state index contributed by atoms with van der Waals surface area (Å²) in [5, 5.41) is 5.65. The highest BCUT2D eigenvalue weighted by atomic mass is 16.5. The third-order valence-electron chi connectivity index (χ3n) is 4.81. The van der Waals surface area contributed by atoms with E-state index in [1.54, 1.807) is 7.11 Å². The van der Waals surface area contributed by atoms with Crippen molar-refractivity contribution in [3.05, 3.63) is 48.7 Å². The van der Waals surface area contributed by atoms with E-state index in [1.807, 2.05) is 53.2 Å². The number of methoxy groups -OCH3 is 1. The molecule has 0 spiro atoms. The maximum atomic E-state index is 5.52. The molecule has 5 rings (SSSR count). The van der Waals surface area contributed by atoms with Gasteiger partial charge in [0.15, 0.2) is 11.5 Å². The fourth-order valence-electron chi connectivity index (χ4n) is 3.46. The van der Waals surface area contributed by atoms with Crippen molar-refractivity contribution in [1.82, 2.24) is 19.6 Å². The molecule has 1 fully saturated rings. The standard InChI is InChI=1S/C20H19N5O2/c1-26-15-6-4-5-14(13-15)18-21-19-17(16-7-2-3-8-25(16)23-19)20(22-18)24-9-11-27-12-10-24/h2-8,13H,9-12H2,1H3. The fraction of sp³-hybridized carbons (Fsp3) is 0.250. The molecule has 4 aromatic rings. The number of rotatable bonds is 3. The van der Waals surface area contributed by atoms with Gasteiger partial charge in [0.2, 0.25) is 0 Å². The lowest BCUT2D eigenvalue weighted by molar-refractivity contribution is 0.122. The zero-order valence-corrected chi connectivity index (χ0v) is 15.0. The molecule has 0 N–H and O–H groups in total. The first-order valence-electron chi connectivity index (χ1n) is 8.96. The van der Waals surface area contributed by atoms with Gasteiger partial charge in [-0.1, -0.05) is 18.2 Å². The summed E-state index contributed by atoms with van der Waals surface area (Å²) < 4.78 is 12.7. The van der Waals surface area contributed by atoms with Crippen molar-refractivity contribution in [3.63, 3.8) is 0 Å². The summed E-state index contributed by atoms with van der Waals surface area (Å²) >= 11 is 0. The van der Waals surface area contributed by atoms with Gasteiger partial charge in [0.1, 0.15) is 11.6 Å². The molecule has 0 aliphatic carbocycles. The van der Waals surface area contributed by atoms with Gasteiger partial charge >= 0.3 is 0 Å². The van der Waals surface area contributed by atoms with Crippen molar-refractivity contribution in [1.29, 1.82) is 0 Å². The van der Waals surface area contributed by atoms with Gasteiger partial charge in [0.05, 0.1) is 31.2 Å². The summed E-state index contributed by atoms with van der Waals surface area (Å²) in [4.78, 5) is 12.0. The van der Waals surface area contributed by atoms with Crippen LogP contribution < -0.4 is 9.64 Å². The number of anilines is 1. The minimum atomic E-state index is 0.645. The Labute approximate surface area is 156 Å². The number of fused-ring (bicyclic) bond motifs is 3. The molecule has 4 heterocycles. The van der Waals surface area contributed by atoms with E-state index in [-0.39, 0.29) is 0 Å². The summed E-state index contributed by atoms with van der Waals surface area (Å²) in [6.45, 7) is 2.99. The molecule has 0 bridgehead atoms. The highest BCUT2D eigenvalue weighted by Crippen LogP contribution is 2.31. The molecule has 1 aliphatic heterocycles.